The van der Waals surface area contributed by atoms with Gasteiger partial charge in [-0.25, -0.2) is 0 Å². The molecule has 2 aliphatic rings. The summed E-state index contributed by atoms with van der Waals surface area (Å²) in [7, 11) is 0. The molecule has 2 fully saturated rings. The van der Waals surface area contributed by atoms with Crippen LogP contribution in [0.15, 0.2) is 48.5 Å². The molecule has 162 valence electrons. The van der Waals surface area contributed by atoms with Gasteiger partial charge in [0.05, 0.1) is 0 Å². The van der Waals surface area contributed by atoms with Crippen molar-refractivity contribution in [3.63, 3.8) is 0 Å². The fourth-order valence-corrected chi connectivity index (χ4v) is 4.11. The number of rotatable bonds is 5. The summed E-state index contributed by atoms with van der Waals surface area (Å²) in [6.45, 7) is 2.60. The van der Waals surface area contributed by atoms with Crippen LogP contribution in [-0.4, -0.2) is 49.9 Å². The van der Waals surface area contributed by atoms with E-state index in [0.717, 1.165) is 37.3 Å². The average molecular weight is 422 g/mol. The fourth-order valence-electron chi connectivity index (χ4n) is 4.11. The maximum atomic E-state index is 13.1. The van der Waals surface area contributed by atoms with E-state index in [2.05, 4.69) is 10.6 Å². The number of amides is 3. The zero-order valence-corrected chi connectivity index (χ0v) is 17.3. The maximum absolute atomic E-state index is 13.1. The number of primary amides is 1. The number of carbonyl (C=O) groups is 3. The van der Waals surface area contributed by atoms with Crippen molar-refractivity contribution in [2.75, 3.05) is 41.3 Å². The fraction of sp³-hybridized carbons (Fsp3) is 0.348. The van der Waals surface area contributed by atoms with Crippen molar-refractivity contribution in [3.05, 3.63) is 54.1 Å². The van der Waals surface area contributed by atoms with Gasteiger partial charge in [0.1, 0.15) is 6.04 Å². The lowest BCUT2D eigenvalue weighted by Gasteiger charge is -2.37. The van der Waals surface area contributed by atoms with Gasteiger partial charge in [-0.3, -0.25) is 14.4 Å². The van der Waals surface area contributed by atoms with E-state index in [4.69, 9.17) is 5.73 Å². The van der Waals surface area contributed by atoms with Crippen LogP contribution < -0.4 is 26.2 Å². The normalized spacial score (nSPS) is 19.2. The zero-order valence-electron chi connectivity index (χ0n) is 17.3. The Bertz CT molecular complexity index is 975. The van der Waals surface area contributed by atoms with Gasteiger partial charge in [-0.2, -0.15) is 0 Å². The van der Waals surface area contributed by atoms with Gasteiger partial charge in [0.2, 0.25) is 17.7 Å². The number of carbonyl (C=O) groups excluding carboxylic acids is 3. The second-order valence-corrected chi connectivity index (χ2v) is 7.87. The summed E-state index contributed by atoms with van der Waals surface area (Å²) < 4.78 is 0. The van der Waals surface area contributed by atoms with Crippen LogP contribution in [0.1, 0.15) is 29.6 Å². The van der Waals surface area contributed by atoms with Crippen molar-refractivity contribution in [1.29, 1.82) is 0 Å². The first-order chi connectivity index (χ1) is 15.0. The highest BCUT2D eigenvalue weighted by Crippen LogP contribution is 2.24. The van der Waals surface area contributed by atoms with Crippen LogP contribution in [0.2, 0.25) is 0 Å². The predicted octanol–water partition coefficient (Wildman–Crippen LogP) is 1.72. The van der Waals surface area contributed by atoms with Gasteiger partial charge in [-0.15, -0.1) is 0 Å². The monoisotopic (exact) mass is 421 g/mol. The van der Waals surface area contributed by atoms with E-state index in [-0.39, 0.29) is 11.8 Å². The summed E-state index contributed by atoms with van der Waals surface area (Å²) in [4.78, 5) is 40.5. The Balaban J connectivity index is 1.47. The van der Waals surface area contributed by atoms with Crippen LogP contribution in [0.4, 0.5) is 17.1 Å². The van der Waals surface area contributed by atoms with Crippen molar-refractivity contribution in [1.82, 2.24) is 5.32 Å². The number of hydrogen-bond acceptors (Lipinski definition) is 5. The molecule has 2 heterocycles. The first-order valence-corrected chi connectivity index (χ1v) is 10.6. The molecule has 0 radical (unpaired) electrons. The molecule has 0 aromatic heterocycles. The van der Waals surface area contributed by atoms with Gasteiger partial charge in [-0.1, -0.05) is 6.07 Å². The van der Waals surface area contributed by atoms with E-state index >= 15 is 0 Å². The number of nitrogens with one attached hydrogen (secondary N) is 2. The molecule has 1 unspecified atom stereocenters. The number of hydrogen-bond donors (Lipinski definition) is 3. The molecule has 31 heavy (non-hydrogen) atoms. The molecule has 8 nitrogen and oxygen atoms in total. The summed E-state index contributed by atoms with van der Waals surface area (Å²) in [5, 5.41) is 6.23. The quantitative estimate of drug-likeness (QED) is 0.681. The molecular weight excluding hydrogens is 394 g/mol. The molecule has 1 atom stereocenters. The third-order valence-electron chi connectivity index (χ3n) is 5.78. The standard InChI is InChI=1S/C23H27N5O3/c24-22(30)16-4-3-5-19(14-16)27-13-11-25-15-20(27)23(31)26-17-7-9-18(10-8-17)28-12-2-1-6-21(28)29/h3-5,7-10,14,20,25H,1-2,6,11-13,15H2,(H2,24,30)(H,26,31). The lowest BCUT2D eigenvalue weighted by atomic mass is 10.1. The molecule has 4 N–H and O–H groups in total. The molecule has 2 saturated heterocycles. The molecule has 0 aliphatic carbocycles. The molecule has 0 spiro atoms. The van der Waals surface area contributed by atoms with Gasteiger partial charge in [-0.05, 0) is 55.3 Å². The average Bonchev–Trinajstić information content (AvgIpc) is 2.80. The van der Waals surface area contributed by atoms with Crippen LogP contribution in [-0.2, 0) is 9.59 Å². The summed E-state index contributed by atoms with van der Waals surface area (Å²) >= 11 is 0. The summed E-state index contributed by atoms with van der Waals surface area (Å²) in [6, 6.07) is 14.0. The lowest BCUT2D eigenvalue weighted by Crippen LogP contribution is -2.56. The Morgan fingerprint density at radius 1 is 1.03 bits per heavy atom. The Morgan fingerprint density at radius 2 is 1.84 bits per heavy atom. The van der Waals surface area contributed by atoms with E-state index in [1.165, 1.54) is 0 Å². The number of piperazine rings is 1. The Hall–Kier alpha value is -3.39. The van der Waals surface area contributed by atoms with Crippen molar-refractivity contribution in [3.8, 4) is 0 Å². The van der Waals surface area contributed by atoms with Crippen molar-refractivity contribution < 1.29 is 14.4 Å². The molecule has 2 aromatic carbocycles. The Kier molecular flexibility index (Phi) is 6.18. The second-order valence-electron chi connectivity index (χ2n) is 7.87. The van der Waals surface area contributed by atoms with E-state index in [9.17, 15) is 14.4 Å². The SMILES string of the molecule is NC(=O)c1cccc(N2CCNCC2C(=O)Nc2ccc(N3CCCCC3=O)cc2)c1. The first-order valence-electron chi connectivity index (χ1n) is 10.6. The van der Waals surface area contributed by atoms with Gasteiger partial charge >= 0.3 is 0 Å². The minimum atomic E-state index is -0.495. The minimum Gasteiger partial charge on any atom is -0.366 e. The van der Waals surface area contributed by atoms with Crippen LogP contribution in [0.3, 0.4) is 0 Å². The predicted molar refractivity (Wildman–Crippen MR) is 120 cm³/mol. The molecule has 3 amide bonds. The Labute approximate surface area is 181 Å². The molecule has 4 rings (SSSR count). The lowest BCUT2D eigenvalue weighted by molar-refractivity contribution is -0.119. The van der Waals surface area contributed by atoms with E-state index < -0.39 is 11.9 Å². The third kappa shape index (κ3) is 4.69. The van der Waals surface area contributed by atoms with Gasteiger partial charge in [0.25, 0.3) is 0 Å². The van der Waals surface area contributed by atoms with Gasteiger partial charge < -0.3 is 26.2 Å². The third-order valence-corrected chi connectivity index (χ3v) is 5.78. The van der Waals surface area contributed by atoms with Crippen LogP contribution in [0.25, 0.3) is 0 Å². The summed E-state index contributed by atoms with van der Waals surface area (Å²) in [6.07, 6.45) is 2.53. The van der Waals surface area contributed by atoms with Crippen molar-refractivity contribution in [2.24, 2.45) is 5.73 Å². The second kappa shape index (κ2) is 9.18. The molecule has 0 saturated carbocycles. The maximum Gasteiger partial charge on any atom is 0.248 e. The molecule has 0 bridgehead atoms. The number of benzene rings is 2. The Morgan fingerprint density at radius 3 is 2.58 bits per heavy atom. The largest absolute Gasteiger partial charge is 0.366 e. The number of anilines is 3. The highest BCUT2D eigenvalue weighted by Gasteiger charge is 2.29. The molecule has 2 aliphatic heterocycles. The highest BCUT2D eigenvalue weighted by molar-refractivity contribution is 5.99. The van der Waals surface area contributed by atoms with E-state index in [1.54, 1.807) is 23.1 Å². The number of nitrogens with two attached hydrogens (primary N) is 1. The first kappa shape index (κ1) is 20.9. The van der Waals surface area contributed by atoms with Crippen LogP contribution >= 0.6 is 0 Å². The number of nitrogens with zero attached hydrogens (tertiary/aromatic N) is 2. The van der Waals surface area contributed by atoms with Crippen molar-refractivity contribution >= 4 is 34.8 Å². The highest BCUT2D eigenvalue weighted by atomic mass is 16.2. The molecular formula is C23H27N5O3. The van der Waals surface area contributed by atoms with Crippen LogP contribution in [0.5, 0.6) is 0 Å². The van der Waals surface area contributed by atoms with Gasteiger partial charge in [0, 0.05) is 55.2 Å². The van der Waals surface area contributed by atoms with Crippen LogP contribution in [0, 0.1) is 0 Å². The smallest absolute Gasteiger partial charge is 0.248 e. The summed E-state index contributed by atoms with van der Waals surface area (Å²) in [5.41, 5.74) is 8.14. The molecule has 2 aromatic rings. The zero-order chi connectivity index (χ0) is 21.8. The summed E-state index contributed by atoms with van der Waals surface area (Å²) in [5.74, 6) is -0.492. The minimum absolute atomic E-state index is 0.140. The molecule has 8 heteroatoms. The number of piperidine rings is 1. The van der Waals surface area contributed by atoms with Crippen molar-refractivity contribution in [2.45, 2.75) is 25.3 Å². The van der Waals surface area contributed by atoms with E-state index in [1.807, 2.05) is 35.2 Å². The van der Waals surface area contributed by atoms with Gasteiger partial charge in [0.15, 0.2) is 0 Å². The topological polar surface area (TPSA) is 108 Å². The van der Waals surface area contributed by atoms with E-state index in [0.29, 0.717) is 30.8 Å².